The van der Waals surface area contributed by atoms with Crippen LogP contribution in [0.2, 0.25) is 0 Å². The molecule has 0 saturated heterocycles. The zero-order chi connectivity index (χ0) is 16.7. The van der Waals surface area contributed by atoms with Crippen LogP contribution >= 0.6 is 0 Å². The van der Waals surface area contributed by atoms with Gasteiger partial charge in [-0.1, -0.05) is 50.2 Å². The minimum atomic E-state index is 0.0152. The smallest absolute Gasteiger partial charge is 0.216 e. The van der Waals surface area contributed by atoms with E-state index in [0.717, 1.165) is 18.8 Å². The van der Waals surface area contributed by atoms with Gasteiger partial charge in [0.25, 0.3) is 0 Å². The summed E-state index contributed by atoms with van der Waals surface area (Å²) in [5.74, 6) is 1.45. The molecule has 0 aliphatic rings. The summed E-state index contributed by atoms with van der Waals surface area (Å²) >= 11 is 0. The van der Waals surface area contributed by atoms with E-state index in [9.17, 15) is 4.79 Å². The SMILES string of the molecule is CC(=O)NCCc1ccc(-c2ccc(OCC(C)C)cc2)cc1. The fourth-order valence-corrected chi connectivity index (χ4v) is 2.25. The molecule has 2 rings (SSSR count). The van der Waals surface area contributed by atoms with Gasteiger partial charge in [-0.3, -0.25) is 4.79 Å². The molecule has 0 atom stereocenters. The number of hydrogen-bond donors (Lipinski definition) is 1. The second kappa shape index (κ2) is 8.37. The van der Waals surface area contributed by atoms with E-state index < -0.39 is 0 Å². The Kier molecular flexibility index (Phi) is 6.21. The zero-order valence-electron chi connectivity index (χ0n) is 14.1. The first-order valence-corrected chi connectivity index (χ1v) is 8.11. The standard InChI is InChI=1S/C20H25NO2/c1-15(2)14-23-20-10-8-19(9-11-20)18-6-4-17(5-7-18)12-13-21-16(3)22/h4-11,15H,12-14H2,1-3H3,(H,21,22). The van der Waals surface area contributed by atoms with E-state index in [4.69, 9.17) is 4.74 Å². The molecule has 3 heteroatoms. The van der Waals surface area contributed by atoms with Crippen molar-refractivity contribution >= 4 is 5.91 Å². The Balaban J connectivity index is 1.94. The van der Waals surface area contributed by atoms with Gasteiger partial charge in [-0.05, 0) is 41.2 Å². The molecule has 122 valence electrons. The third kappa shape index (κ3) is 5.78. The molecule has 0 aromatic heterocycles. The molecule has 0 saturated carbocycles. The van der Waals surface area contributed by atoms with Crippen molar-refractivity contribution in [3.63, 3.8) is 0 Å². The maximum absolute atomic E-state index is 10.9. The number of carbonyl (C=O) groups is 1. The molecule has 2 aromatic rings. The summed E-state index contributed by atoms with van der Waals surface area (Å²) < 4.78 is 5.71. The third-order valence-corrected chi connectivity index (χ3v) is 3.51. The Morgan fingerprint density at radius 3 is 2.09 bits per heavy atom. The van der Waals surface area contributed by atoms with E-state index in [-0.39, 0.29) is 5.91 Å². The number of ether oxygens (including phenoxy) is 1. The predicted octanol–water partition coefficient (Wildman–Crippen LogP) is 4.07. The van der Waals surface area contributed by atoms with E-state index >= 15 is 0 Å². The van der Waals surface area contributed by atoms with Crippen LogP contribution in [0.4, 0.5) is 0 Å². The van der Waals surface area contributed by atoms with Gasteiger partial charge >= 0.3 is 0 Å². The van der Waals surface area contributed by atoms with Crippen molar-refractivity contribution in [3.05, 3.63) is 54.1 Å². The molecule has 0 unspecified atom stereocenters. The predicted molar refractivity (Wildman–Crippen MR) is 94.6 cm³/mol. The lowest BCUT2D eigenvalue weighted by molar-refractivity contribution is -0.118. The second-order valence-corrected chi connectivity index (χ2v) is 6.16. The number of hydrogen-bond acceptors (Lipinski definition) is 2. The summed E-state index contributed by atoms with van der Waals surface area (Å²) in [5.41, 5.74) is 3.58. The largest absolute Gasteiger partial charge is 0.493 e. The highest BCUT2D eigenvalue weighted by Gasteiger charge is 2.01. The molecule has 0 spiro atoms. The number of rotatable bonds is 7. The second-order valence-electron chi connectivity index (χ2n) is 6.16. The van der Waals surface area contributed by atoms with E-state index in [1.807, 2.05) is 12.1 Å². The van der Waals surface area contributed by atoms with Crippen LogP contribution in [0.15, 0.2) is 48.5 Å². The Hall–Kier alpha value is -2.29. The van der Waals surface area contributed by atoms with Crippen molar-refractivity contribution in [1.29, 1.82) is 0 Å². The Bertz CT molecular complexity index is 615. The molecular formula is C20H25NO2. The van der Waals surface area contributed by atoms with E-state index in [1.165, 1.54) is 23.6 Å². The number of amides is 1. The molecule has 0 heterocycles. The number of carbonyl (C=O) groups excluding carboxylic acids is 1. The lowest BCUT2D eigenvalue weighted by atomic mass is 10.0. The van der Waals surface area contributed by atoms with Crippen molar-refractivity contribution in [2.45, 2.75) is 27.2 Å². The van der Waals surface area contributed by atoms with E-state index in [2.05, 4.69) is 55.6 Å². The summed E-state index contributed by atoms with van der Waals surface area (Å²) in [4.78, 5) is 10.9. The summed E-state index contributed by atoms with van der Waals surface area (Å²) in [5, 5.41) is 2.81. The van der Waals surface area contributed by atoms with Gasteiger partial charge in [-0.15, -0.1) is 0 Å². The summed E-state index contributed by atoms with van der Waals surface area (Å²) in [6, 6.07) is 16.7. The highest BCUT2D eigenvalue weighted by Crippen LogP contribution is 2.23. The molecule has 2 aromatic carbocycles. The summed E-state index contributed by atoms with van der Waals surface area (Å²) in [6.07, 6.45) is 0.849. The lowest BCUT2D eigenvalue weighted by Gasteiger charge is -2.09. The first-order valence-electron chi connectivity index (χ1n) is 8.11. The van der Waals surface area contributed by atoms with Crippen LogP contribution in [-0.4, -0.2) is 19.1 Å². The van der Waals surface area contributed by atoms with Crippen LogP contribution in [0.25, 0.3) is 11.1 Å². The molecule has 0 bridgehead atoms. The highest BCUT2D eigenvalue weighted by molar-refractivity contribution is 5.72. The average molecular weight is 311 g/mol. The van der Waals surface area contributed by atoms with Gasteiger partial charge in [-0.2, -0.15) is 0 Å². The monoisotopic (exact) mass is 311 g/mol. The fraction of sp³-hybridized carbons (Fsp3) is 0.350. The molecule has 0 aliphatic heterocycles. The molecule has 1 amide bonds. The van der Waals surface area contributed by atoms with Crippen LogP contribution < -0.4 is 10.1 Å². The van der Waals surface area contributed by atoms with Gasteiger partial charge < -0.3 is 10.1 Å². The fourth-order valence-electron chi connectivity index (χ4n) is 2.25. The Morgan fingerprint density at radius 1 is 1.00 bits per heavy atom. The molecular weight excluding hydrogens is 286 g/mol. The molecule has 0 fully saturated rings. The minimum absolute atomic E-state index is 0.0152. The molecule has 0 radical (unpaired) electrons. The van der Waals surface area contributed by atoms with Crippen molar-refractivity contribution < 1.29 is 9.53 Å². The Labute approximate surface area is 138 Å². The van der Waals surface area contributed by atoms with Crippen LogP contribution in [0, 0.1) is 5.92 Å². The molecule has 3 nitrogen and oxygen atoms in total. The van der Waals surface area contributed by atoms with E-state index in [1.54, 1.807) is 0 Å². The van der Waals surface area contributed by atoms with Crippen molar-refractivity contribution in [2.75, 3.05) is 13.2 Å². The van der Waals surface area contributed by atoms with Crippen LogP contribution in [0.1, 0.15) is 26.3 Å². The van der Waals surface area contributed by atoms with Crippen molar-refractivity contribution in [1.82, 2.24) is 5.32 Å². The van der Waals surface area contributed by atoms with Crippen LogP contribution in [-0.2, 0) is 11.2 Å². The Morgan fingerprint density at radius 2 is 1.57 bits per heavy atom. The van der Waals surface area contributed by atoms with E-state index in [0.29, 0.717) is 12.5 Å². The quantitative estimate of drug-likeness (QED) is 0.837. The van der Waals surface area contributed by atoms with Crippen LogP contribution in [0.3, 0.4) is 0 Å². The average Bonchev–Trinajstić information content (AvgIpc) is 2.54. The van der Waals surface area contributed by atoms with Crippen molar-refractivity contribution in [3.8, 4) is 16.9 Å². The summed E-state index contributed by atoms with van der Waals surface area (Å²) in [7, 11) is 0. The maximum Gasteiger partial charge on any atom is 0.216 e. The van der Waals surface area contributed by atoms with Crippen molar-refractivity contribution in [2.24, 2.45) is 5.92 Å². The molecule has 0 aliphatic carbocycles. The van der Waals surface area contributed by atoms with Gasteiger partial charge in [0, 0.05) is 13.5 Å². The first kappa shape index (κ1) is 17.1. The third-order valence-electron chi connectivity index (χ3n) is 3.51. The van der Waals surface area contributed by atoms with Gasteiger partial charge in [0.1, 0.15) is 5.75 Å². The zero-order valence-corrected chi connectivity index (χ0v) is 14.1. The topological polar surface area (TPSA) is 38.3 Å². The molecule has 1 N–H and O–H groups in total. The van der Waals surface area contributed by atoms with Gasteiger partial charge in [0.2, 0.25) is 5.91 Å². The lowest BCUT2D eigenvalue weighted by Crippen LogP contribution is -2.22. The summed E-state index contributed by atoms with van der Waals surface area (Å²) in [6.45, 7) is 7.24. The van der Waals surface area contributed by atoms with Gasteiger partial charge in [-0.25, -0.2) is 0 Å². The normalized spacial score (nSPS) is 10.6. The first-order chi connectivity index (χ1) is 11.0. The highest BCUT2D eigenvalue weighted by atomic mass is 16.5. The minimum Gasteiger partial charge on any atom is -0.493 e. The molecule has 23 heavy (non-hydrogen) atoms. The van der Waals surface area contributed by atoms with Gasteiger partial charge in [0.05, 0.1) is 6.61 Å². The maximum atomic E-state index is 10.9. The van der Waals surface area contributed by atoms with Gasteiger partial charge in [0.15, 0.2) is 0 Å². The van der Waals surface area contributed by atoms with Crippen LogP contribution in [0.5, 0.6) is 5.75 Å². The number of benzene rings is 2. The number of nitrogens with one attached hydrogen (secondary N) is 1.